The smallest absolute Gasteiger partial charge is 0.282 e. The minimum Gasteiger partial charge on any atom is -0.377 e. The molecule has 9 heteroatoms. The van der Waals surface area contributed by atoms with Gasteiger partial charge < -0.3 is 5.32 Å². The Morgan fingerprint density at radius 3 is 2.42 bits per heavy atom. The lowest BCUT2D eigenvalue weighted by Crippen LogP contribution is -2.33. The molecular weight excluding hydrogens is 570 g/mol. The summed E-state index contributed by atoms with van der Waals surface area (Å²) in [6, 6.07) is 25.1. The fraction of sp³-hybridized carbons (Fsp3) is 0.194. The third kappa shape index (κ3) is 4.76. The Labute approximate surface area is 244 Å². The van der Waals surface area contributed by atoms with Crippen molar-refractivity contribution in [3.05, 3.63) is 134 Å². The van der Waals surface area contributed by atoms with Crippen molar-refractivity contribution in [1.29, 1.82) is 0 Å². The number of carbonyl (C=O) groups is 1. The summed E-state index contributed by atoms with van der Waals surface area (Å²) in [6.07, 6.45) is 0.579. The summed E-state index contributed by atoms with van der Waals surface area (Å²) in [5.74, 6) is -0.977. The van der Waals surface area contributed by atoms with Gasteiger partial charge >= 0.3 is 0 Å². The van der Waals surface area contributed by atoms with Gasteiger partial charge in [0.25, 0.3) is 5.69 Å². The normalized spacial score (nSPS) is 23.1. The molecule has 1 N–H and O–H groups in total. The zero-order valence-corrected chi connectivity index (χ0v) is 23.3. The van der Waals surface area contributed by atoms with Gasteiger partial charge in [-0.2, -0.15) is 0 Å². The number of nitro benzene ring substituents is 1. The molecule has 0 radical (unpaired) electrons. The molecule has 1 fully saturated rings. The molecule has 202 valence electrons. The molecule has 4 aromatic carbocycles. The van der Waals surface area contributed by atoms with Crippen molar-refractivity contribution >= 4 is 52.1 Å². The van der Waals surface area contributed by atoms with Crippen LogP contribution in [0.1, 0.15) is 45.4 Å². The first-order valence-corrected chi connectivity index (χ1v) is 14.5. The molecule has 0 unspecified atom stereocenters. The fourth-order valence-electron chi connectivity index (χ4n) is 6.02. The lowest BCUT2D eigenvalue weighted by atomic mass is 9.76. The molecule has 0 amide bonds. The molecule has 5 atom stereocenters. The van der Waals surface area contributed by atoms with Gasteiger partial charge in [0.1, 0.15) is 5.82 Å². The summed E-state index contributed by atoms with van der Waals surface area (Å²) >= 11 is 15.2. The highest BCUT2D eigenvalue weighted by Gasteiger charge is 2.51. The van der Waals surface area contributed by atoms with Crippen molar-refractivity contribution in [2.45, 2.75) is 33.9 Å². The van der Waals surface area contributed by atoms with Crippen LogP contribution in [0.5, 0.6) is 0 Å². The zero-order chi connectivity index (χ0) is 28.0. The number of thioether (sulfide) groups is 1. The second-order valence-corrected chi connectivity index (χ2v) is 12.2. The van der Waals surface area contributed by atoms with E-state index in [1.165, 1.54) is 23.9 Å². The monoisotopic (exact) mass is 592 g/mol. The Hall–Kier alpha value is -3.39. The molecule has 40 heavy (non-hydrogen) atoms. The van der Waals surface area contributed by atoms with E-state index in [0.717, 1.165) is 5.56 Å². The molecule has 1 aliphatic heterocycles. The van der Waals surface area contributed by atoms with Crippen LogP contribution in [0.4, 0.5) is 15.8 Å². The summed E-state index contributed by atoms with van der Waals surface area (Å²) in [7, 11) is 0. The van der Waals surface area contributed by atoms with Crippen molar-refractivity contribution in [3.63, 3.8) is 0 Å². The van der Waals surface area contributed by atoms with Crippen LogP contribution in [0, 0.1) is 21.8 Å². The van der Waals surface area contributed by atoms with Crippen LogP contribution in [0.15, 0.2) is 95.9 Å². The molecule has 0 bridgehead atoms. The predicted molar refractivity (Wildman–Crippen MR) is 157 cm³/mol. The fourth-order valence-corrected chi connectivity index (χ4v) is 8.19. The van der Waals surface area contributed by atoms with Crippen LogP contribution in [0.25, 0.3) is 0 Å². The van der Waals surface area contributed by atoms with E-state index in [9.17, 15) is 14.9 Å². The first-order valence-electron chi connectivity index (χ1n) is 12.8. The SMILES string of the molecule is O=C(c1ccccc1)c1cc(Cl)cc2c1N[C@H](c1ccccc1F)[C@@H]1C[C@H](Sc3ccccc3[N+](=O)[O-])[C@@H](Cl)[C@@H]21. The van der Waals surface area contributed by atoms with Crippen molar-refractivity contribution in [1.82, 2.24) is 0 Å². The number of nitrogens with zero attached hydrogens (tertiary/aromatic N) is 1. The number of alkyl halides is 1. The number of hydrogen-bond acceptors (Lipinski definition) is 5. The second-order valence-electron chi connectivity index (χ2n) is 10.0. The third-order valence-corrected chi connectivity index (χ3v) is 10.1. The average molecular weight is 594 g/mol. The molecule has 4 aromatic rings. The third-order valence-electron chi connectivity index (χ3n) is 7.75. The summed E-state index contributed by atoms with van der Waals surface area (Å²) in [5, 5.41) is 14.9. The molecule has 6 rings (SSSR count). The summed E-state index contributed by atoms with van der Waals surface area (Å²) in [4.78, 5) is 25.5. The lowest BCUT2D eigenvalue weighted by molar-refractivity contribution is -0.387. The number of halogens is 3. The van der Waals surface area contributed by atoms with E-state index >= 15 is 4.39 Å². The van der Waals surface area contributed by atoms with E-state index in [2.05, 4.69) is 5.32 Å². The van der Waals surface area contributed by atoms with Crippen LogP contribution in [0.2, 0.25) is 5.02 Å². The molecule has 0 aromatic heterocycles. The number of carbonyl (C=O) groups excluding carboxylic acids is 1. The number of fused-ring (bicyclic) bond motifs is 3. The number of ketones is 1. The second kappa shape index (κ2) is 10.9. The number of benzene rings is 4. The Kier molecular flexibility index (Phi) is 7.29. The average Bonchev–Trinajstić information content (AvgIpc) is 3.29. The van der Waals surface area contributed by atoms with Gasteiger partial charge in [0.05, 0.1) is 21.2 Å². The van der Waals surface area contributed by atoms with Crippen molar-refractivity contribution in [2.75, 3.05) is 5.32 Å². The van der Waals surface area contributed by atoms with Gasteiger partial charge in [-0.05, 0) is 42.2 Å². The highest BCUT2D eigenvalue weighted by Crippen LogP contribution is 2.59. The molecule has 2 aliphatic rings. The van der Waals surface area contributed by atoms with E-state index in [-0.39, 0.29) is 34.4 Å². The van der Waals surface area contributed by atoms with E-state index in [0.29, 0.717) is 38.7 Å². The van der Waals surface area contributed by atoms with E-state index in [4.69, 9.17) is 23.2 Å². The highest BCUT2D eigenvalue weighted by molar-refractivity contribution is 8.00. The Bertz CT molecular complexity index is 1620. The minimum atomic E-state index is -0.472. The maximum atomic E-state index is 15.2. The van der Waals surface area contributed by atoms with Crippen LogP contribution in [0.3, 0.4) is 0 Å². The molecule has 1 saturated carbocycles. The Morgan fingerprint density at radius 1 is 0.975 bits per heavy atom. The Morgan fingerprint density at radius 2 is 1.68 bits per heavy atom. The molecule has 0 saturated heterocycles. The summed E-state index contributed by atoms with van der Waals surface area (Å²) in [5.41, 5.74) is 2.81. The largest absolute Gasteiger partial charge is 0.377 e. The first kappa shape index (κ1) is 26.8. The zero-order valence-electron chi connectivity index (χ0n) is 21.0. The molecule has 1 aliphatic carbocycles. The quantitative estimate of drug-likeness (QED) is 0.105. The van der Waals surface area contributed by atoms with Crippen LogP contribution in [-0.2, 0) is 0 Å². The minimum absolute atomic E-state index is 0.0224. The summed E-state index contributed by atoms with van der Waals surface area (Å²) in [6.45, 7) is 0. The van der Waals surface area contributed by atoms with Crippen LogP contribution in [-0.4, -0.2) is 21.3 Å². The van der Waals surface area contributed by atoms with Gasteiger partial charge in [0.15, 0.2) is 5.78 Å². The highest BCUT2D eigenvalue weighted by atomic mass is 35.5. The number of hydrogen-bond donors (Lipinski definition) is 1. The van der Waals surface area contributed by atoms with Crippen LogP contribution >= 0.6 is 35.0 Å². The van der Waals surface area contributed by atoms with E-state index in [1.807, 2.05) is 12.1 Å². The van der Waals surface area contributed by atoms with Gasteiger partial charge in [-0.15, -0.1) is 23.4 Å². The Balaban J connectivity index is 1.47. The molecular formula is C31H23Cl2FN2O3S. The van der Waals surface area contributed by atoms with Crippen molar-refractivity contribution in [2.24, 2.45) is 5.92 Å². The number of para-hydroxylation sites is 1. The van der Waals surface area contributed by atoms with Gasteiger partial charge in [-0.1, -0.05) is 72.3 Å². The standard InChI is InChI=1S/C31H23Cl2FN2O3S/c32-18-14-20-27-21(16-26(28(27)33)40-25-13-7-6-12-24(25)36(38)39)29(19-10-4-5-11-23(19)34)35-30(20)22(15-18)31(37)17-8-2-1-3-9-17/h1-15,21,26-29,35H,16H2/t21-,26+,27+,28-,29-/m1/s1. The van der Waals surface area contributed by atoms with Gasteiger partial charge in [0.2, 0.25) is 0 Å². The predicted octanol–water partition coefficient (Wildman–Crippen LogP) is 8.66. The van der Waals surface area contributed by atoms with Crippen molar-refractivity contribution in [3.8, 4) is 0 Å². The van der Waals surface area contributed by atoms with E-state index in [1.54, 1.807) is 66.7 Å². The van der Waals surface area contributed by atoms with Crippen molar-refractivity contribution < 1.29 is 14.1 Å². The number of nitrogens with one attached hydrogen (secondary N) is 1. The maximum Gasteiger partial charge on any atom is 0.282 e. The van der Waals surface area contributed by atoms with Gasteiger partial charge in [0, 0.05) is 44.6 Å². The topological polar surface area (TPSA) is 72.2 Å². The lowest BCUT2D eigenvalue weighted by Gasteiger charge is -2.39. The number of rotatable bonds is 6. The molecule has 1 heterocycles. The molecule has 0 spiro atoms. The van der Waals surface area contributed by atoms with Crippen LogP contribution < -0.4 is 5.32 Å². The molecule has 5 nitrogen and oxygen atoms in total. The van der Waals surface area contributed by atoms with E-state index < -0.39 is 16.3 Å². The van der Waals surface area contributed by atoms with Gasteiger partial charge in [-0.25, -0.2) is 4.39 Å². The summed E-state index contributed by atoms with van der Waals surface area (Å²) < 4.78 is 15.2. The number of nitro groups is 1. The number of anilines is 1. The maximum absolute atomic E-state index is 15.2. The first-order chi connectivity index (χ1) is 19.3. The van der Waals surface area contributed by atoms with Gasteiger partial charge in [-0.3, -0.25) is 14.9 Å².